The molecule has 1 aromatic heterocycles. The van der Waals surface area contributed by atoms with Gasteiger partial charge in [0.15, 0.2) is 5.78 Å². The van der Waals surface area contributed by atoms with Crippen LogP contribution in [-0.4, -0.2) is 21.1 Å². The van der Waals surface area contributed by atoms with Gasteiger partial charge in [0, 0.05) is 5.56 Å². The molecule has 0 bridgehead atoms. The number of thiol groups is 1. The summed E-state index contributed by atoms with van der Waals surface area (Å²) < 4.78 is 4.64. The molecule has 0 atom stereocenters. The Labute approximate surface area is 91.7 Å². The van der Waals surface area contributed by atoms with Crippen molar-refractivity contribution in [3.63, 3.8) is 0 Å². The lowest BCUT2D eigenvalue weighted by atomic mass is 10.1. The van der Waals surface area contributed by atoms with Gasteiger partial charge in [-0.05, 0) is 23.7 Å². The molecule has 2 aromatic rings. The van der Waals surface area contributed by atoms with Crippen LogP contribution < -0.4 is 0 Å². The Morgan fingerprint density at radius 1 is 1.50 bits per heavy atom. The summed E-state index contributed by atoms with van der Waals surface area (Å²) in [6, 6.07) is 5.43. The van der Waals surface area contributed by atoms with E-state index >= 15 is 0 Å². The number of benzene rings is 1. The van der Waals surface area contributed by atoms with Crippen LogP contribution in [0.25, 0.3) is 10.2 Å². The third kappa shape index (κ3) is 1.78. The first-order valence-electron chi connectivity index (χ1n) is 3.68. The Morgan fingerprint density at radius 3 is 3.00 bits per heavy atom. The summed E-state index contributed by atoms with van der Waals surface area (Å²) in [5.74, 6) is 0.233. The van der Waals surface area contributed by atoms with Crippen molar-refractivity contribution in [2.24, 2.45) is 0 Å². The van der Waals surface area contributed by atoms with Crippen LogP contribution in [0.5, 0.6) is 0 Å². The van der Waals surface area contributed by atoms with Crippen LogP contribution in [-0.2, 0) is 0 Å². The van der Waals surface area contributed by atoms with Gasteiger partial charge in [0.05, 0.1) is 10.5 Å². The molecule has 0 aliphatic rings. The lowest BCUT2D eigenvalue weighted by molar-refractivity contribution is 0.102. The van der Waals surface area contributed by atoms with Crippen LogP contribution in [0.3, 0.4) is 0 Å². The number of aromatic nitrogens is 2. The van der Waals surface area contributed by atoms with Crippen molar-refractivity contribution in [2.45, 2.75) is 7.43 Å². The van der Waals surface area contributed by atoms with Crippen molar-refractivity contribution in [2.75, 3.05) is 5.75 Å². The zero-order chi connectivity index (χ0) is 9.26. The molecule has 14 heavy (non-hydrogen) atoms. The molecule has 0 spiro atoms. The van der Waals surface area contributed by atoms with Gasteiger partial charge in [0.25, 0.3) is 0 Å². The minimum atomic E-state index is 0. The molecule has 2 rings (SSSR count). The largest absolute Gasteiger partial charge is 0.293 e. The highest BCUT2D eigenvalue weighted by Crippen LogP contribution is 2.20. The van der Waals surface area contributed by atoms with Crippen LogP contribution in [0.15, 0.2) is 18.2 Å². The van der Waals surface area contributed by atoms with E-state index in [0.29, 0.717) is 5.56 Å². The summed E-state index contributed by atoms with van der Waals surface area (Å²) in [4.78, 5) is 11.4. The van der Waals surface area contributed by atoms with Crippen molar-refractivity contribution in [1.82, 2.24) is 9.59 Å². The topological polar surface area (TPSA) is 42.9 Å². The molecule has 0 amide bonds. The Morgan fingerprint density at radius 2 is 2.29 bits per heavy atom. The summed E-state index contributed by atoms with van der Waals surface area (Å²) in [6.45, 7) is 0. The van der Waals surface area contributed by atoms with Crippen molar-refractivity contribution in [3.05, 3.63) is 23.8 Å². The van der Waals surface area contributed by atoms with Gasteiger partial charge in [-0.3, -0.25) is 4.79 Å². The molecule has 0 fully saturated rings. The van der Waals surface area contributed by atoms with Gasteiger partial charge >= 0.3 is 0 Å². The van der Waals surface area contributed by atoms with E-state index in [2.05, 4.69) is 22.2 Å². The molecule has 0 saturated heterocycles. The average Bonchev–Trinajstić information content (AvgIpc) is 2.63. The molecule has 5 heteroatoms. The molecule has 0 radical (unpaired) electrons. The number of rotatable bonds is 2. The normalized spacial score (nSPS) is 9.79. The van der Waals surface area contributed by atoms with E-state index in [1.165, 1.54) is 11.5 Å². The van der Waals surface area contributed by atoms with E-state index < -0.39 is 0 Å². The first kappa shape index (κ1) is 11.1. The number of hydrogen-bond acceptors (Lipinski definition) is 5. The third-order valence-corrected chi connectivity index (χ3v) is 2.78. The quantitative estimate of drug-likeness (QED) is 0.632. The Hall–Kier alpha value is -0.940. The number of fused-ring (bicyclic) bond motifs is 1. The minimum absolute atomic E-state index is 0. The van der Waals surface area contributed by atoms with E-state index in [0.717, 1.165) is 10.2 Å². The molecule has 74 valence electrons. The van der Waals surface area contributed by atoms with Crippen LogP contribution in [0.1, 0.15) is 17.8 Å². The van der Waals surface area contributed by atoms with Crippen LogP contribution in [0, 0.1) is 0 Å². The minimum Gasteiger partial charge on any atom is -0.293 e. The second-order valence-electron chi connectivity index (χ2n) is 2.51. The first-order valence-corrected chi connectivity index (χ1v) is 5.08. The molecular formula is C9H10N2OS2. The van der Waals surface area contributed by atoms with Gasteiger partial charge in [-0.15, -0.1) is 5.10 Å². The zero-order valence-corrected chi connectivity index (χ0v) is 8.31. The molecule has 0 unspecified atom stereocenters. The second kappa shape index (κ2) is 4.52. The maximum atomic E-state index is 11.4. The molecule has 0 N–H and O–H groups in total. The van der Waals surface area contributed by atoms with E-state index in [4.69, 9.17) is 0 Å². The molecule has 0 aliphatic carbocycles. The molecule has 3 nitrogen and oxygen atoms in total. The Balaban J connectivity index is 0.000000980. The number of carbonyl (C=O) groups is 1. The number of hydrogen-bond donors (Lipinski definition) is 1. The Kier molecular flexibility index (Phi) is 3.60. The van der Waals surface area contributed by atoms with Crippen LogP contribution in [0.2, 0.25) is 0 Å². The fourth-order valence-electron chi connectivity index (χ4n) is 1.11. The predicted molar refractivity (Wildman–Crippen MR) is 62.3 cm³/mol. The number of nitrogens with zero attached hydrogens (tertiary/aromatic N) is 2. The van der Waals surface area contributed by atoms with Gasteiger partial charge in [-0.2, -0.15) is 12.6 Å². The SMILES string of the molecule is C.O=C(CS)c1cccc2nnsc12. The predicted octanol–water partition coefficient (Wildman–Crippen LogP) is 2.44. The van der Waals surface area contributed by atoms with Crippen molar-refractivity contribution in [3.8, 4) is 0 Å². The third-order valence-electron chi connectivity index (χ3n) is 1.72. The highest BCUT2D eigenvalue weighted by Gasteiger charge is 2.10. The van der Waals surface area contributed by atoms with Crippen molar-refractivity contribution >= 4 is 40.2 Å². The molecule has 0 saturated carbocycles. The van der Waals surface area contributed by atoms with Gasteiger partial charge < -0.3 is 0 Å². The maximum absolute atomic E-state index is 11.4. The Bertz CT molecular complexity index is 453. The molecular weight excluding hydrogens is 216 g/mol. The van der Waals surface area contributed by atoms with E-state index in [1.54, 1.807) is 12.1 Å². The van der Waals surface area contributed by atoms with Crippen molar-refractivity contribution in [1.29, 1.82) is 0 Å². The van der Waals surface area contributed by atoms with Gasteiger partial charge in [-0.25, -0.2) is 0 Å². The van der Waals surface area contributed by atoms with E-state index in [1.807, 2.05) is 6.07 Å². The van der Waals surface area contributed by atoms with Crippen molar-refractivity contribution < 1.29 is 4.79 Å². The number of carbonyl (C=O) groups excluding carboxylic acids is 1. The highest BCUT2D eigenvalue weighted by atomic mass is 32.1. The summed E-state index contributed by atoms with van der Waals surface area (Å²) >= 11 is 5.19. The molecule has 1 aromatic carbocycles. The summed E-state index contributed by atoms with van der Waals surface area (Å²) in [6.07, 6.45) is 0. The van der Waals surface area contributed by atoms with E-state index in [9.17, 15) is 4.79 Å². The van der Waals surface area contributed by atoms with Crippen LogP contribution in [0.4, 0.5) is 0 Å². The lowest BCUT2D eigenvalue weighted by Crippen LogP contribution is -1.99. The average molecular weight is 226 g/mol. The smallest absolute Gasteiger partial charge is 0.174 e. The standard InChI is InChI=1S/C8H6N2OS2.CH4/c11-7(4-12)5-2-1-3-6-8(5)13-10-9-6;/h1-3,12H,4H2;1H4. The highest BCUT2D eigenvalue weighted by molar-refractivity contribution is 7.81. The second-order valence-corrected chi connectivity index (χ2v) is 3.58. The first-order chi connectivity index (χ1) is 6.33. The van der Waals surface area contributed by atoms with Gasteiger partial charge in [0.2, 0.25) is 0 Å². The van der Waals surface area contributed by atoms with Crippen LogP contribution >= 0.6 is 24.2 Å². The molecule has 1 heterocycles. The maximum Gasteiger partial charge on any atom is 0.174 e. The fraction of sp³-hybridized carbons (Fsp3) is 0.222. The lowest BCUT2D eigenvalue weighted by Gasteiger charge is -1.96. The zero-order valence-electron chi connectivity index (χ0n) is 6.60. The van der Waals surface area contributed by atoms with Gasteiger partial charge in [-0.1, -0.05) is 18.0 Å². The number of ketones is 1. The summed E-state index contributed by atoms with van der Waals surface area (Å²) in [5, 5.41) is 3.89. The summed E-state index contributed by atoms with van der Waals surface area (Å²) in [7, 11) is 0. The number of Topliss-reactive ketones (excluding diaryl/α,β-unsaturated/α-hetero) is 1. The van der Waals surface area contributed by atoms with E-state index in [-0.39, 0.29) is 19.0 Å². The van der Waals surface area contributed by atoms with Gasteiger partial charge in [0.1, 0.15) is 5.52 Å². The monoisotopic (exact) mass is 226 g/mol. The fourth-order valence-corrected chi connectivity index (χ4v) is 1.97. The summed E-state index contributed by atoms with van der Waals surface area (Å²) in [5.41, 5.74) is 1.44. The molecule has 0 aliphatic heterocycles.